The second-order valence-corrected chi connectivity index (χ2v) is 5.02. The Morgan fingerprint density at radius 2 is 1.94 bits per heavy atom. The van der Waals surface area contributed by atoms with Gasteiger partial charge in [-0.2, -0.15) is 0 Å². The highest BCUT2D eigenvalue weighted by Crippen LogP contribution is 2.31. The van der Waals surface area contributed by atoms with Gasteiger partial charge in [0.2, 0.25) is 0 Å². The molecule has 0 atom stereocenters. The Bertz CT molecular complexity index is 465. The Morgan fingerprint density at radius 1 is 1.33 bits per heavy atom. The van der Waals surface area contributed by atoms with E-state index in [1.807, 2.05) is 0 Å². The molecule has 1 heterocycles. The lowest BCUT2D eigenvalue weighted by Crippen LogP contribution is -2.13. The maximum Gasteiger partial charge on any atom is 0.348 e. The van der Waals surface area contributed by atoms with Gasteiger partial charge in [-0.25, -0.2) is 9.59 Å². The van der Waals surface area contributed by atoms with Crippen LogP contribution in [0.4, 0.5) is 5.00 Å². The van der Waals surface area contributed by atoms with Crippen LogP contribution in [0.1, 0.15) is 46.4 Å². The van der Waals surface area contributed by atoms with E-state index in [0.29, 0.717) is 10.4 Å². The van der Waals surface area contributed by atoms with Crippen molar-refractivity contribution in [1.82, 2.24) is 0 Å². The summed E-state index contributed by atoms with van der Waals surface area (Å²) in [6.45, 7) is 7.17. The van der Waals surface area contributed by atoms with Crippen LogP contribution in [0.3, 0.4) is 0 Å². The zero-order valence-electron chi connectivity index (χ0n) is 10.9. The van der Waals surface area contributed by atoms with Crippen molar-refractivity contribution in [3.8, 4) is 0 Å². The van der Waals surface area contributed by atoms with Crippen molar-refractivity contribution in [3.63, 3.8) is 0 Å². The Morgan fingerprint density at radius 3 is 2.44 bits per heavy atom. The number of carbonyl (C=O) groups excluding carboxylic acids is 2. The van der Waals surface area contributed by atoms with Gasteiger partial charge < -0.3 is 15.2 Å². The molecule has 1 aromatic rings. The Labute approximate surface area is 110 Å². The SMILES string of the molecule is CCOC(=O)c1sc(N)c(C(=O)OC(C)C)c1C. The zero-order valence-corrected chi connectivity index (χ0v) is 11.7. The monoisotopic (exact) mass is 271 g/mol. The van der Waals surface area contributed by atoms with E-state index in [1.54, 1.807) is 27.7 Å². The molecule has 0 saturated carbocycles. The zero-order chi connectivity index (χ0) is 13.9. The highest BCUT2D eigenvalue weighted by Gasteiger charge is 2.25. The van der Waals surface area contributed by atoms with Crippen LogP contribution in [-0.2, 0) is 9.47 Å². The predicted octanol–water partition coefficient (Wildman–Crippen LogP) is 2.38. The number of hydrogen-bond donors (Lipinski definition) is 1. The second kappa shape index (κ2) is 5.86. The van der Waals surface area contributed by atoms with Gasteiger partial charge in [-0.05, 0) is 33.3 Å². The van der Waals surface area contributed by atoms with Gasteiger partial charge in [0.1, 0.15) is 9.88 Å². The summed E-state index contributed by atoms with van der Waals surface area (Å²) in [4.78, 5) is 23.9. The van der Waals surface area contributed by atoms with Crippen LogP contribution < -0.4 is 5.73 Å². The standard InChI is InChI=1S/C12H17NO4S/c1-5-16-12(15)9-7(4)8(10(13)18-9)11(14)17-6(2)3/h6H,5,13H2,1-4H3. The first kappa shape index (κ1) is 14.5. The fourth-order valence-corrected chi connectivity index (χ4v) is 2.41. The fraction of sp³-hybridized carbons (Fsp3) is 0.500. The first-order valence-electron chi connectivity index (χ1n) is 5.65. The molecule has 0 aromatic carbocycles. The number of rotatable bonds is 4. The first-order chi connectivity index (χ1) is 8.38. The van der Waals surface area contributed by atoms with Crippen molar-refractivity contribution >= 4 is 28.3 Å². The molecule has 0 unspecified atom stereocenters. The van der Waals surface area contributed by atoms with Crippen LogP contribution in [-0.4, -0.2) is 24.6 Å². The normalized spacial score (nSPS) is 10.5. The van der Waals surface area contributed by atoms with Gasteiger partial charge in [-0.15, -0.1) is 11.3 Å². The van der Waals surface area contributed by atoms with Crippen LogP contribution in [0, 0.1) is 6.92 Å². The Hall–Kier alpha value is -1.56. The first-order valence-corrected chi connectivity index (χ1v) is 6.47. The molecule has 6 heteroatoms. The molecule has 100 valence electrons. The van der Waals surface area contributed by atoms with Crippen molar-refractivity contribution in [2.45, 2.75) is 33.8 Å². The highest BCUT2D eigenvalue weighted by atomic mass is 32.1. The third-order valence-corrected chi connectivity index (χ3v) is 3.28. The molecule has 2 N–H and O–H groups in total. The minimum atomic E-state index is -0.508. The quantitative estimate of drug-likeness (QED) is 0.850. The van der Waals surface area contributed by atoms with Crippen molar-refractivity contribution in [3.05, 3.63) is 16.0 Å². The van der Waals surface area contributed by atoms with E-state index in [0.717, 1.165) is 11.3 Å². The summed E-state index contributed by atoms with van der Waals surface area (Å²) in [6, 6.07) is 0. The third-order valence-electron chi connectivity index (χ3n) is 2.18. The maximum absolute atomic E-state index is 11.8. The van der Waals surface area contributed by atoms with Crippen molar-refractivity contribution in [1.29, 1.82) is 0 Å². The maximum atomic E-state index is 11.8. The smallest absolute Gasteiger partial charge is 0.348 e. The van der Waals surface area contributed by atoms with Crippen molar-refractivity contribution < 1.29 is 19.1 Å². The molecule has 0 fully saturated rings. The molecule has 0 aliphatic heterocycles. The number of anilines is 1. The largest absolute Gasteiger partial charge is 0.462 e. The molecule has 0 spiro atoms. The summed E-state index contributed by atoms with van der Waals surface area (Å²) in [5.74, 6) is -0.970. The molecular weight excluding hydrogens is 254 g/mol. The molecule has 1 aromatic heterocycles. The van der Waals surface area contributed by atoms with Crippen molar-refractivity contribution in [2.24, 2.45) is 0 Å². The molecule has 18 heavy (non-hydrogen) atoms. The number of carbonyl (C=O) groups is 2. The predicted molar refractivity (Wildman–Crippen MR) is 70.0 cm³/mol. The molecule has 0 aliphatic carbocycles. The molecule has 0 aliphatic rings. The minimum Gasteiger partial charge on any atom is -0.462 e. The topological polar surface area (TPSA) is 78.6 Å². The fourth-order valence-electron chi connectivity index (χ4n) is 1.45. The van der Waals surface area contributed by atoms with Gasteiger partial charge >= 0.3 is 11.9 Å². The van der Waals surface area contributed by atoms with Gasteiger partial charge in [0.25, 0.3) is 0 Å². The number of thiophene rings is 1. The molecule has 0 radical (unpaired) electrons. The van der Waals surface area contributed by atoms with Gasteiger partial charge in [0.15, 0.2) is 0 Å². The van der Waals surface area contributed by atoms with Crippen LogP contribution in [0.25, 0.3) is 0 Å². The van der Waals surface area contributed by atoms with E-state index in [4.69, 9.17) is 15.2 Å². The highest BCUT2D eigenvalue weighted by molar-refractivity contribution is 7.18. The van der Waals surface area contributed by atoms with E-state index in [9.17, 15) is 9.59 Å². The summed E-state index contributed by atoms with van der Waals surface area (Å²) in [6.07, 6.45) is -0.234. The average Bonchev–Trinajstić information content (AvgIpc) is 2.53. The summed E-state index contributed by atoms with van der Waals surface area (Å²) in [5.41, 5.74) is 6.54. The van der Waals surface area contributed by atoms with E-state index in [-0.39, 0.29) is 23.3 Å². The number of hydrogen-bond acceptors (Lipinski definition) is 6. The van der Waals surface area contributed by atoms with E-state index >= 15 is 0 Å². The van der Waals surface area contributed by atoms with Crippen LogP contribution in [0.5, 0.6) is 0 Å². The van der Waals surface area contributed by atoms with E-state index in [1.165, 1.54) is 0 Å². The Kier molecular flexibility index (Phi) is 4.72. The third kappa shape index (κ3) is 3.01. The number of esters is 2. The van der Waals surface area contributed by atoms with E-state index in [2.05, 4.69) is 0 Å². The van der Waals surface area contributed by atoms with Crippen molar-refractivity contribution in [2.75, 3.05) is 12.3 Å². The summed E-state index contributed by atoms with van der Waals surface area (Å²) in [5, 5.41) is 0.279. The van der Waals surface area contributed by atoms with Crippen LogP contribution >= 0.6 is 11.3 Å². The van der Waals surface area contributed by atoms with Gasteiger partial charge in [-0.1, -0.05) is 0 Å². The molecule has 0 amide bonds. The number of ether oxygens (including phenoxy) is 2. The lowest BCUT2D eigenvalue weighted by atomic mass is 10.1. The lowest BCUT2D eigenvalue weighted by molar-refractivity contribution is 0.0379. The molecule has 1 rings (SSSR count). The summed E-state index contributed by atoms with van der Waals surface area (Å²) < 4.78 is 9.99. The van der Waals surface area contributed by atoms with Gasteiger partial charge in [0.05, 0.1) is 18.3 Å². The summed E-state index contributed by atoms with van der Waals surface area (Å²) in [7, 11) is 0. The molecule has 0 saturated heterocycles. The van der Waals surface area contributed by atoms with Crippen LogP contribution in [0.15, 0.2) is 0 Å². The number of nitrogen functional groups attached to an aromatic ring is 1. The van der Waals surface area contributed by atoms with E-state index < -0.39 is 11.9 Å². The lowest BCUT2D eigenvalue weighted by Gasteiger charge is -2.08. The van der Waals surface area contributed by atoms with Gasteiger partial charge in [0, 0.05) is 0 Å². The number of nitrogens with two attached hydrogens (primary N) is 1. The Balaban J connectivity index is 3.08. The van der Waals surface area contributed by atoms with Gasteiger partial charge in [-0.3, -0.25) is 0 Å². The average molecular weight is 271 g/mol. The molecular formula is C12H17NO4S. The summed E-state index contributed by atoms with van der Waals surface area (Å²) >= 11 is 1.05. The van der Waals surface area contributed by atoms with Crippen LogP contribution in [0.2, 0.25) is 0 Å². The molecule has 5 nitrogen and oxygen atoms in total. The second-order valence-electron chi connectivity index (χ2n) is 3.97. The molecule has 0 bridgehead atoms. The minimum absolute atomic E-state index is 0.234.